The van der Waals surface area contributed by atoms with Crippen LogP contribution in [-0.2, 0) is 4.79 Å². The summed E-state index contributed by atoms with van der Waals surface area (Å²) in [6, 6.07) is 12.3. The molecular weight excluding hydrogens is 360 g/mol. The van der Waals surface area contributed by atoms with Crippen molar-refractivity contribution in [1.29, 1.82) is 5.26 Å². The van der Waals surface area contributed by atoms with E-state index in [1.807, 2.05) is 38.1 Å². The number of carbonyl (C=O) groups is 1. The number of fused-ring (bicyclic) bond motifs is 1. The van der Waals surface area contributed by atoms with Gasteiger partial charge in [0, 0.05) is 6.07 Å². The van der Waals surface area contributed by atoms with Crippen molar-refractivity contribution in [1.82, 2.24) is 5.32 Å². The fourth-order valence-electron chi connectivity index (χ4n) is 2.80. The second kappa shape index (κ2) is 9.00. The second-order valence-corrected chi connectivity index (χ2v) is 6.19. The van der Waals surface area contributed by atoms with Gasteiger partial charge in [-0.25, -0.2) is 0 Å². The highest BCUT2D eigenvalue weighted by atomic mass is 16.6. The lowest BCUT2D eigenvalue weighted by Crippen LogP contribution is -2.31. The van der Waals surface area contributed by atoms with Crippen LogP contribution in [-0.4, -0.2) is 32.3 Å². The van der Waals surface area contributed by atoms with Gasteiger partial charge >= 0.3 is 0 Å². The summed E-state index contributed by atoms with van der Waals surface area (Å²) in [7, 11) is 0. The molecule has 2 aromatic carbocycles. The molecule has 1 aliphatic heterocycles. The summed E-state index contributed by atoms with van der Waals surface area (Å²) < 4.78 is 22.2. The van der Waals surface area contributed by atoms with Gasteiger partial charge in [0.05, 0.1) is 24.3 Å². The first-order valence-electron chi connectivity index (χ1n) is 9.09. The van der Waals surface area contributed by atoms with Crippen LogP contribution in [0.5, 0.6) is 23.0 Å². The van der Waals surface area contributed by atoms with E-state index < -0.39 is 0 Å². The molecule has 0 radical (unpaired) electrons. The van der Waals surface area contributed by atoms with Gasteiger partial charge in [0.2, 0.25) is 0 Å². The lowest BCUT2D eigenvalue weighted by molar-refractivity contribution is -0.123. The molecule has 1 aliphatic rings. The molecule has 2 aromatic rings. The van der Waals surface area contributed by atoms with Crippen molar-refractivity contribution in [3.63, 3.8) is 0 Å². The van der Waals surface area contributed by atoms with E-state index in [2.05, 4.69) is 5.32 Å². The van der Waals surface area contributed by atoms with Gasteiger partial charge in [0.1, 0.15) is 13.2 Å². The minimum Gasteiger partial charge on any atom is -0.490 e. The third-order valence-electron chi connectivity index (χ3n) is 4.18. The van der Waals surface area contributed by atoms with Gasteiger partial charge in [-0.2, -0.15) is 5.26 Å². The van der Waals surface area contributed by atoms with Crippen LogP contribution >= 0.6 is 0 Å². The Morgan fingerprint density at radius 1 is 1.14 bits per heavy atom. The SMILES string of the molecule is CCOc1cc(C#N)ccc1OCC(=O)N[C@H](C)c1ccc2c(c1)OCCO2. The Balaban J connectivity index is 1.59. The first-order chi connectivity index (χ1) is 13.6. The first-order valence-corrected chi connectivity index (χ1v) is 9.09. The quantitative estimate of drug-likeness (QED) is 0.792. The molecule has 0 saturated heterocycles. The number of nitrogens with zero attached hydrogens (tertiary/aromatic N) is 1. The molecule has 0 saturated carbocycles. The van der Waals surface area contributed by atoms with Crippen molar-refractivity contribution < 1.29 is 23.7 Å². The Morgan fingerprint density at radius 2 is 1.93 bits per heavy atom. The van der Waals surface area contributed by atoms with Gasteiger partial charge in [-0.3, -0.25) is 4.79 Å². The maximum atomic E-state index is 12.3. The molecule has 28 heavy (non-hydrogen) atoms. The molecule has 7 heteroatoms. The molecule has 0 aliphatic carbocycles. The monoisotopic (exact) mass is 382 g/mol. The Hall–Kier alpha value is -3.40. The number of amides is 1. The maximum absolute atomic E-state index is 12.3. The maximum Gasteiger partial charge on any atom is 0.258 e. The van der Waals surface area contributed by atoms with E-state index in [4.69, 9.17) is 24.2 Å². The first kappa shape index (κ1) is 19.4. The number of hydrogen-bond donors (Lipinski definition) is 1. The number of nitrogens with one attached hydrogen (secondary N) is 1. The van der Waals surface area contributed by atoms with Gasteiger partial charge in [-0.05, 0) is 43.7 Å². The third-order valence-corrected chi connectivity index (χ3v) is 4.18. The fraction of sp³-hybridized carbons (Fsp3) is 0.333. The topological polar surface area (TPSA) is 89.8 Å². The van der Waals surface area contributed by atoms with Gasteiger partial charge in [-0.15, -0.1) is 0 Å². The molecule has 0 unspecified atom stereocenters. The summed E-state index contributed by atoms with van der Waals surface area (Å²) >= 11 is 0. The van der Waals surface area contributed by atoms with E-state index in [1.54, 1.807) is 18.2 Å². The van der Waals surface area contributed by atoms with Crippen molar-refractivity contribution in [3.05, 3.63) is 47.5 Å². The minimum atomic E-state index is -0.269. The molecule has 1 atom stereocenters. The van der Waals surface area contributed by atoms with Crippen LogP contribution in [0.15, 0.2) is 36.4 Å². The number of carbonyl (C=O) groups excluding carboxylic acids is 1. The van der Waals surface area contributed by atoms with E-state index in [0.717, 1.165) is 5.56 Å². The normalized spacial score (nSPS) is 13.2. The molecule has 1 N–H and O–H groups in total. The molecule has 3 rings (SSSR count). The van der Waals surface area contributed by atoms with Crippen molar-refractivity contribution in [2.45, 2.75) is 19.9 Å². The van der Waals surface area contributed by atoms with Crippen LogP contribution in [0.25, 0.3) is 0 Å². The smallest absolute Gasteiger partial charge is 0.258 e. The summed E-state index contributed by atoms with van der Waals surface area (Å²) in [6.45, 7) is 5.04. The molecule has 1 heterocycles. The van der Waals surface area contributed by atoms with Gasteiger partial charge < -0.3 is 24.3 Å². The van der Waals surface area contributed by atoms with Gasteiger partial charge in [-0.1, -0.05) is 6.07 Å². The standard InChI is InChI=1S/C21H22N2O5/c1-3-25-19-10-15(12-22)4-6-18(19)28-13-21(24)23-14(2)16-5-7-17-20(11-16)27-9-8-26-17/h4-7,10-11,14H,3,8-9,13H2,1-2H3,(H,23,24)/t14-/m1/s1. The lowest BCUT2D eigenvalue weighted by Gasteiger charge is -2.21. The Labute approximate surface area is 163 Å². The highest BCUT2D eigenvalue weighted by Crippen LogP contribution is 2.32. The van der Waals surface area contributed by atoms with Gasteiger partial charge in [0.15, 0.2) is 29.6 Å². The molecule has 1 amide bonds. The molecule has 0 bridgehead atoms. The summed E-state index contributed by atoms with van der Waals surface area (Å²) in [5.41, 5.74) is 1.37. The van der Waals surface area contributed by atoms with Crippen LogP contribution in [0.2, 0.25) is 0 Å². The molecular formula is C21H22N2O5. The number of ether oxygens (including phenoxy) is 4. The number of benzene rings is 2. The van der Waals surface area contributed by atoms with E-state index in [-0.39, 0.29) is 18.6 Å². The van der Waals surface area contributed by atoms with Crippen LogP contribution in [0.4, 0.5) is 0 Å². The average Bonchev–Trinajstić information content (AvgIpc) is 2.72. The van der Waals surface area contributed by atoms with Crippen molar-refractivity contribution in [2.75, 3.05) is 26.4 Å². The largest absolute Gasteiger partial charge is 0.490 e. The zero-order chi connectivity index (χ0) is 19.9. The summed E-state index contributed by atoms with van der Waals surface area (Å²) in [4.78, 5) is 12.3. The van der Waals surface area contributed by atoms with Gasteiger partial charge in [0.25, 0.3) is 5.91 Å². The number of nitriles is 1. The number of hydrogen-bond acceptors (Lipinski definition) is 6. The van der Waals surface area contributed by atoms with E-state index in [1.165, 1.54) is 0 Å². The summed E-state index contributed by atoms with van der Waals surface area (Å²) in [5.74, 6) is 1.98. The van der Waals surface area contributed by atoms with Crippen LogP contribution in [0, 0.1) is 11.3 Å². The van der Waals surface area contributed by atoms with Crippen molar-refractivity contribution in [2.24, 2.45) is 0 Å². The third kappa shape index (κ3) is 4.65. The van der Waals surface area contributed by atoms with E-state index in [0.29, 0.717) is 48.4 Å². The predicted octanol–water partition coefficient (Wildman–Crippen LogP) is 2.98. The lowest BCUT2D eigenvalue weighted by atomic mass is 10.1. The molecule has 146 valence electrons. The van der Waals surface area contributed by atoms with Crippen LogP contribution < -0.4 is 24.3 Å². The van der Waals surface area contributed by atoms with Crippen molar-refractivity contribution in [3.8, 4) is 29.1 Å². The Kier molecular flexibility index (Phi) is 6.22. The average molecular weight is 382 g/mol. The van der Waals surface area contributed by atoms with E-state index in [9.17, 15) is 4.79 Å². The van der Waals surface area contributed by atoms with Crippen molar-refractivity contribution >= 4 is 5.91 Å². The fourth-order valence-corrected chi connectivity index (χ4v) is 2.80. The summed E-state index contributed by atoms with van der Waals surface area (Å²) in [6.07, 6.45) is 0. The zero-order valence-electron chi connectivity index (χ0n) is 15.9. The molecule has 0 fully saturated rings. The minimum absolute atomic E-state index is 0.166. The highest BCUT2D eigenvalue weighted by molar-refractivity contribution is 5.78. The Morgan fingerprint density at radius 3 is 2.68 bits per heavy atom. The summed E-state index contributed by atoms with van der Waals surface area (Å²) in [5, 5.41) is 11.9. The Bertz CT molecular complexity index is 891. The molecule has 0 spiro atoms. The number of rotatable bonds is 7. The van der Waals surface area contributed by atoms with E-state index >= 15 is 0 Å². The van der Waals surface area contributed by atoms with Crippen LogP contribution in [0.3, 0.4) is 0 Å². The van der Waals surface area contributed by atoms with Crippen LogP contribution in [0.1, 0.15) is 31.0 Å². The highest BCUT2D eigenvalue weighted by Gasteiger charge is 2.16. The molecule has 7 nitrogen and oxygen atoms in total. The predicted molar refractivity (Wildman–Crippen MR) is 102 cm³/mol. The zero-order valence-corrected chi connectivity index (χ0v) is 15.9. The second-order valence-electron chi connectivity index (χ2n) is 6.19. The molecule has 0 aromatic heterocycles.